The molecule has 0 aliphatic carbocycles. The molecule has 0 saturated heterocycles. The maximum Gasteiger partial charge on any atom is 2.00 e. The van der Waals surface area contributed by atoms with Gasteiger partial charge in [-0.1, -0.05) is 133 Å². The van der Waals surface area contributed by atoms with E-state index in [0.717, 1.165) is 68.0 Å². The Morgan fingerprint density at radius 3 is 1.07 bits per heavy atom. The maximum absolute atomic E-state index is 9.16. The Bertz CT molecular complexity index is 3020. The van der Waals surface area contributed by atoms with Gasteiger partial charge in [-0.05, 0) is 49.5 Å². The Hall–Kier alpha value is -7.90. The predicted molar refractivity (Wildman–Crippen MR) is 282 cm³/mol. The Kier molecular flexibility index (Phi) is 18.2. The molecule has 0 unspecified atom stereocenters. The predicted octanol–water partition coefficient (Wildman–Crippen LogP) is 13.4. The average Bonchev–Trinajstić information content (AvgIpc) is 3.95. The van der Waals surface area contributed by atoms with Crippen LogP contribution in [0.15, 0.2) is 231 Å². The fourth-order valence-corrected chi connectivity index (χ4v) is 7.75. The molecule has 0 amide bonds. The fraction of sp³-hybridized carbons (Fsp3) is 0.0333. The van der Waals surface area contributed by atoms with Crippen molar-refractivity contribution in [2.75, 3.05) is 33.7 Å². The van der Waals surface area contributed by atoms with Crippen LogP contribution in [0.3, 0.4) is 0 Å². The minimum atomic E-state index is 0. The molecule has 12 rings (SSSR count). The Labute approximate surface area is 450 Å². The smallest absolute Gasteiger partial charge is 0.502 e. The summed E-state index contributed by atoms with van der Waals surface area (Å²) >= 11 is 0. The molecule has 6 heterocycles. The van der Waals surface area contributed by atoms with Crippen LogP contribution in [0, 0.1) is 25.5 Å². The number of hydrogen-bond donors (Lipinski definition) is 2. The number of anilines is 6. The Morgan fingerprint density at radius 1 is 0.389 bits per heavy atom. The van der Waals surface area contributed by atoms with Gasteiger partial charge in [0.25, 0.3) is 0 Å². The van der Waals surface area contributed by atoms with Crippen molar-refractivity contribution in [3.8, 4) is 56.5 Å². The number of nitrogens with zero attached hydrogens (tertiary/aromatic N) is 8. The first-order chi connectivity index (χ1) is 34.4. The van der Waals surface area contributed by atoms with Gasteiger partial charge in [-0.15, -0.1) is 11.4 Å². The first-order valence-electron chi connectivity index (χ1n) is 22.6. The fourth-order valence-electron chi connectivity index (χ4n) is 7.75. The van der Waals surface area contributed by atoms with Gasteiger partial charge in [-0.25, -0.2) is 19.9 Å². The van der Waals surface area contributed by atoms with E-state index in [9.17, 15) is 0 Å². The molecule has 10 nitrogen and oxygen atoms in total. The molecule has 2 aliphatic heterocycles. The summed E-state index contributed by atoms with van der Waals surface area (Å²) in [5.74, 6) is 1.98. The molecule has 0 fully saturated rings. The minimum Gasteiger partial charge on any atom is -0.502 e. The van der Waals surface area contributed by atoms with Gasteiger partial charge in [0, 0.05) is 46.8 Å². The molecule has 2 aliphatic rings. The van der Waals surface area contributed by atoms with E-state index in [1.807, 2.05) is 198 Å². The average molecular weight is 1300 g/mol. The molecule has 2 N–H and O–H groups in total. The van der Waals surface area contributed by atoms with Gasteiger partial charge in [-0.3, -0.25) is 0 Å². The standard InChI is InChI=1S/2C19H15N3.2C11H9NO.2Pt/c2*1-21-14-22(17-10-6-3-7-11-17)19-18(21)12-16(13-20-19)15-8-4-2-5-9-15;2*13-11-8-4-7-10(12-11)9-5-2-1-3-6-9;;/h2*2-10,12-14H,1H3;2*1-8H,(H,12,13);;/q2*-2;;;2*+2. The first kappa shape index (κ1) is 51.9. The summed E-state index contributed by atoms with van der Waals surface area (Å²) in [5, 5.41) is 18.3. The topological polar surface area (TPSA) is 105 Å². The van der Waals surface area contributed by atoms with Crippen molar-refractivity contribution in [3.05, 3.63) is 256 Å². The zero-order valence-corrected chi connectivity index (χ0v) is 43.7. The zero-order chi connectivity index (χ0) is 48.1. The molecule has 6 aromatic carbocycles. The van der Waals surface area contributed by atoms with E-state index in [-0.39, 0.29) is 53.9 Å². The molecule has 360 valence electrons. The maximum atomic E-state index is 9.16. The second kappa shape index (κ2) is 25.3. The third kappa shape index (κ3) is 12.9. The van der Waals surface area contributed by atoms with Crippen LogP contribution in [0.4, 0.5) is 34.4 Å². The summed E-state index contributed by atoms with van der Waals surface area (Å²) < 4.78 is 0. The minimum absolute atomic E-state index is 0. The monoisotopic (exact) mass is 1300 g/mol. The third-order valence-corrected chi connectivity index (χ3v) is 11.2. The summed E-state index contributed by atoms with van der Waals surface area (Å²) in [7, 11) is 4.08. The van der Waals surface area contributed by atoms with Gasteiger partial charge in [0.15, 0.2) is 0 Å². The van der Waals surface area contributed by atoms with Crippen LogP contribution < -0.4 is 19.6 Å². The van der Waals surface area contributed by atoms with Gasteiger partial charge >= 0.3 is 42.1 Å². The summed E-state index contributed by atoms with van der Waals surface area (Å²) in [5.41, 5.74) is 12.4. The van der Waals surface area contributed by atoms with Crippen LogP contribution in [0.2, 0.25) is 0 Å². The largest absolute Gasteiger partial charge is 2.00 e. The molecule has 0 spiro atoms. The third-order valence-electron chi connectivity index (χ3n) is 11.2. The van der Waals surface area contributed by atoms with Crippen LogP contribution in [0.5, 0.6) is 11.8 Å². The number of benzene rings is 6. The summed E-state index contributed by atoms with van der Waals surface area (Å²) in [6.07, 6.45) is 3.86. The van der Waals surface area contributed by atoms with Crippen LogP contribution in [-0.2, 0) is 42.1 Å². The van der Waals surface area contributed by atoms with E-state index < -0.39 is 0 Å². The van der Waals surface area contributed by atoms with Crippen molar-refractivity contribution in [2.24, 2.45) is 0 Å². The number of fused-ring (bicyclic) bond motifs is 2. The molecule has 72 heavy (non-hydrogen) atoms. The van der Waals surface area contributed by atoms with E-state index >= 15 is 0 Å². The number of para-hydroxylation sites is 2. The van der Waals surface area contributed by atoms with E-state index in [1.54, 1.807) is 24.3 Å². The van der Waals surface area contributed by atoms with Crippen molar-refractivity contribution < 1.29 is 52.3 Å². The van der Waals surface area contributed by atoms with Crippen molar-refractivity contribution in [1.82, 2.24) is 19.9 Å². The molecular weight excluding hydrogens is 1250 g/mol. The molecule has 0 bridgehead atoms. The van der Waals surface area contributed by atoms with Gasteiger partial charge in [-0.2, -0.15) is 74.0 Å². The zero-order valence-electron chi connectivity index (χ0n) is 39.2. The van der Waals surface area contributed by atoms with E-state index in [1.165, 1.54) is 11.1 Å². The molecule has 12 heteroatoms. The number of hydrogen-bond acceptors (Lipinski definition) is 10. The second-order valence-corrected chi connectivity index (χ2v) is 16.0. The van der Waals surface area contributed by atoms with Crippen molar-refractivity contribution in [2.45, 2.75) is 0 Å². The number of aromatic nitrogens is 4. The second-order valence-electron chi connectivity index (χ2n) is 16.0. The molecule has 4 aromatic heterocycles. The molecule has 0 radical (unpaired) electrons. The van der Waals surface area contributed by atoms with E-state index in [0.29, 0.717) is 0 Å². The number of aromatic hydroxyl groups is 2. The quantitative estimate of drug-likeness (QED) is 0.156. The van der Waals surface area contributed by atoms with E-state index in [4.69, 9.17) is 10.2 Å². The first-order valence-corrected chi connectivity index (χ1v) is 22.6. The number of rotatable bonds is 6. The van der Waals surface area contributed by atoms with Crippen LogP contribution in [0.1, 0.15) is 0 Å². The Balaban J connectivity index is 0.000000144. The summed E-state index contributed by atoms with van der Waals surface area (Å²) in [6.45, 7) is 4.08. The van der Waals surface area contributed by atoms with Crippen LogP contribution in [-0.4, -0.2) is 44.2 Å². The SMILES string of the molecule is CN1[CH-]N(c2[c-]cccc2)c2ncc(-c3ccccc3)cc21.CN1[CH-]N(c2[c-]cccc2)c2ncc(-c3ccccc3)cc21.Oc1cccc(-c2ccccc2)n1.Oc1cccc(-c2ccccc2)n1.[Pt+2].[Pt+2]. The molecule has 0 saturated carbocycles. The van der Waals surface area contributed by atoms with Crippen molar-refractivity contribution in [3.63, 3.8) is 0 Å². The van der Waals surface area contributed by atoms with Gasteiger partial charge in [0.2, 0.25) is 11.8 Å². The van der Waals surface area contributed by atoms with E-state index in [2.05, 4.69) is 88.1 Å². The van der Waals surface area contributed by atoms with Gasteiger partial charge in [0.1, 0.15) is 11.6 Å². The van der Waals surface area contributed by atoms with Gasteiger partial charge in [0.05, 0.1) is 22.8 Å². The summed E-state index contributed by atoms with van der Waals surface area (Å²) in [4.78, 5) is 25.7. The Morgan fingerprint density at radius 2 is 0.736 bits per heavy atom. The molecular formula is C60H48N8O2Pt2. The molecule has 10 aromatic rings. The van der Waals surface area contributed by atoms with Crippen LogP contribution in [0.25, 0.3) is 44.8 Å². The number of pyridine rings is 4. The van der Waals surface area contributed by atoms with Gasteiger partial charge < -0.3 is 29.8 Å². The van der Waals surface area contributed by atoms with Crippen LogP contribution >= 0.6 is 0 Å². The summed E-state index contributed by atoms with van der Waals surface area (Å²) in [6, 6.07) is 77.3. The molecule has 0 atom stereocenters. The van der Waals surface area contributed by atoms with Crippen molar-refractivity contribution in [1.29, 1.82) is 0 Å². The normalized spacial score (nSPS) is 11.7. The van der Waals surface area contributed by atoms with Crippen molar-refractivity contribution >= 4 is 34.4 Å².